The van der Waals surface area contributed by atoms with Crippen molar-refractivity contribution in [3.63, 3.8) is 0 Å². The summed E-state index contributed by atoms with van der Waals surface area (Å²) in [4.78, 5) is 17.3. The van der Waals surface area contributed by atoms with Crippen LogP contribution in [0.1, 0.15) is 36.2 Å². The zero-order valence-corrected chi connectivity index (χ0v) is 17.7. The van der Waals surface area contributed by atoms with Gasteiger partial charge in [-0.15, -0.1) is 24.8 Å². The Kier molecular flexibility index (Phi) is 12.1. The topological polar surface area (TPSA) is 61.6 Å². The molecule has 1 heterocycles. The third-order valence-corrected chi connectivity index (χ3v) is 4.57. The Labute approximate surface area is 170 Å². The molecule has 1 atom stereocenters. The van der Waals surface area contributed by atoms with E-state index in [0.717, 1.165) is 44.7 Å². The lowest BCUT2D eigenvalue weighted by atomic mass is 10.0. The molecule has 1 unspecified atom stereocenters. The van der Waals surface area contributed by atoms with Gasteiger partial charge in [-0.3, -0.25) is 9.69 Å². The highest BCUT2D eigenvalue weighted by Crippen LogP contribution is 2.11. The molecular formula is C19H34Cl2N4O. The Balaban J connectivity index is 0.00000312. The van der Waals surface area contributed by atoms with Crippen LogP contribution in [0.25, 0.3) is 0 Å². The van der Waals surface area contributed by atoms with Gasteiger partial charge in [-0.1, -0.05) is 26.0 Å². The van der Waals surface area contributed by atoms with Crippen LogP contribution in [-0.2, 0) is 6.54 Å². The van der Waals surface area contributed by atoms with Crippen molar-refractivity contribution in [2.75, 3.05) is 39.8 Å². The van der Waals surface area contributed by atoms with Crippen molar-refractivity contribution in [1.29, 1.82) is 0 Å². The number of hydrogen-bond donors (Lipinski definition) is 2. The normalized spacial score (nSPS) is 16.5. The molecular weight excluding hydrogens is 371 g/mol. The average Bonchev–Trinajstić information content (AvgIpc) is 2.56. The molecule has 26 heavy (non-hydrogen) atoms. The summed E-state index contributed by atoms with van der Waals surface area (Å²) in [7, 11) is 2.16. The van der Waals surface area contributed by atoms with Crippen LogP contribution in [0.2, 0.25) is 0 Å². The number of halogens is 2. The highest BCUT2D eigenvalue weighted by molar-refractivity contribution is 5.94. The number of likely N-dealkylation sites (N-methyl/N-ethyl adjacent to an activating group) is 1. The molecule has 1 saturated heterocycles. The second-order valence-electron chi connectivity index (χ2n) is 7.32. The van der Waals surface area contributed by atoms with Crippen molar-refractivity contribution in [1.82, 2.24) is 15.1 Å². The summed E-state index contributed by atoms with van der Waals surface area (Å²) in [6, 6.07) is 8.01. The molecule has 150 valence electrons. The fourth-order valence-electron chi connectivity index (χ4n) is 3.13. The van der Waals surface area contributed by atoms with Gasteiger partial charge in [-0.25, -0.2) is 0 Å². The fourth-order valence-corrected chi connectivity index (χ4v) is 3.13. The fraction of sp³-hybridized carbons (Fsp3) is 0.632. The third kappa shape index (κ3) is 8.23. The van der Waals surface area contributed by atoms with Crippen LogP contribution < -0.4 is 11.1 Å². The van der Waals surface area contributed by atoms with E-state index in [0.29, 0.717) is 12.5 Å². The van der Waals surface area contributed by atoms with Crippen molar-refractivity contribution in [3.8, 4) is 0 Å². The third-order valence-electron chi connectivity index (χ3n) is 4.57. The Hall–Kier alpha value is -0.850. The molecule has 0 radical (unpaired) electrons. The van der Waals surface area contributed by atoms with Gasteiger partial charge in [-0.05, 0) is 37.1 Å². The summed E-state index contributed by atoms with van der Waals surface area (Å²) >= 11 is 0. The van der Waals surface area contributed by atoms with E-state index >= 15 is 0 Å². The first kappa shape index (κ1) is 25.1. The Bertz CT molecular complexity index is 534. The van der Waals surface area contributed by atoms with Gasteiger partial charge >= 0.3 is 0 Å². The van der Waals surface area contributed by atoms with Gasteiger partial charge in [0.05, 0.1) is 0 Å². The average molecular weight is 405 g/mol. The lowest BCUT2D eigenvalue weighted by molar-refractivity contribution is 0.0933. The zero-order valence-electron chi connectivity index (χ0n) is 16.1. The molecule has 1 fully saturated rings. The van der Waals surface area contributed by atoms with E-state index < -0.39 is 0 Å². The quantitative estimate of drug-likeness (QED) is 0.731. The number of hydrogen-bond acceptors (Lipinski definition) is 4. The molecule has 1 aliphatic rings. The predicted molar refractivity (Wildman–Crippen MR) is 113 cm³/mol. The number of nitrogens with two attached hydrogens (primary N) is 1. The number of carbonyl (C=O) groups excluding carboxylic acids is 1. The van der Waals surface area contributed by atoms with Gasteiger partial charge < -0.3 is 16.0 Å². The first-order valence-corrected chi connectivity index (χ1v) is 8.98. The summed E-state index contributed by atoms with van der Waals surface area (Å²) in [6.07, 6.45) is 0.906. The number of piperazine rings is 1. The van der Waals surface area contributed by atoms with E-state index in [9.17, 15) is 4.79 Å². The summed E-state index contributed by atoms with van der Waals surface area (Å²) in [6.45, 7) is 10.0. The van der Waals surface area contributed by atoms with Crippen LogP contribution in [0.5, 0.6) is 0 Å². The highest BCUT2D eigenvalue weighted by Gasteiger charge is 2.16. The van der Waals surface area contributed by atoms with Crippen LogP contribution in [0.15, 0.2) is 24.3 Å². The van der Waals surface area contributed by atoms with Gasteiger partial charge in [-0.2, -0.15) is 0 Å². The second kappa shape index (κ2) is 12.5. The first-order valence-electron chi connectivity index (χ1n) is 8.98. The number of nitrogens with zero attached hydrogens (tertiary/aromatic N) is 2. The first-order chi connectivity index (χ1) is 11.5. The maximum atomic E-state index is 12.5. The molecule has 1 aromatic carbocycles. The van der Waals surface area contributed by atoms with Crippen LogP contribution in [0.4, 0.5) is 0 Å². The van der Waals surface area contributed by atoms with Crippen LogP contribution in [0, 0.1) is 5.92 Å². The van der Waals surface area contributed by atoms with Crippen LogP contribution in [-0.4, -0.2) is 61.5 Å². The minimum Gasteiger partial charge on any atom is -0.348 e. The number of rotatable bonds is 7. The summed E-state index contributed by atoms with van der Waals surface area (Å²) < 4.78 is 0. The molecule has 0 aliphatic carbocycles. The molecule has 0 bridgehead atoms. The van der Waals surface area contributed by atoms with E-state index in [1.807, 2.05) is 18.2 Å². The number of benzene rings is 1. The van der Waals surface area contributed by atoms with Crippen LogP contribution >= 0.6 is 24.8 Å². The van der Waals surface area contributed by atoms with E-state index in [4.69, 9.17) is 5.73 Å². The molecule has 0 aromatic heterocycles. The summed E-state index contributed by atoms with van der Waals surface area (Å²) in [5, 5.41) is 3.07. The van der Waals surface area contributed by atoms with Gasteiger partial charge in [0.1, 0.15) is 0 Å². The predicted octanol–water partition coefficient (Wildman–Crippen LogP) is 2.38. The minimum absolute atomic E-state index is 0. The number of amides is 1. The van der Waals surface area contributed by atoms with E-state index in [-0.39, 0.29) is 36.8 Å². The lowest BCUT2D eigenvalue weighted by Gasteiger charge is -2.32. The van der Waals surface area contributed by atoms with Crippen molar-refractivity contribution in [2.45, 2.75) is 32.9 Å². The molecule has 3 N–H and O–H groups in total. The van der Waals surface area contributed by atoms with Gasteiger partial charge in [0.25, 0.3) is 5.91 Å². The zero-order chi connectivity index (χ0) is 17.5. The number of nitrogens with one attached hydrogen (secondary N) is 1. The van der Waals surface area contributed by atoms with Gasteiger partial charge in [0.15, 0.2) is 0 Å². The lowest BCUT2D eigenvalue weighted by Crippen LogP contribution is -2.44. The highest BCUT2D eigenvalue weighted by atomic mass is 35.5. The van der Waals surface area contributed by atoms with Crippen molar-refractivity contribution >= 4 is 30.7 Å². The summed E-state index contributed by atoms with van der Waals surface area (Å²) in [5.41, 5.74) is 7.71. The molecule has 7 heteroatoms. The van der Waals surface area contributed by atoms with Gasteiger partial charge in [0, 0.05) is 50.9 Å². The monoisotopic (exact) mass is 404 g/mol. The van der Waals surface area contributed by atoms with Gasteiger partial charge in [0.2, 0.25) is 0 Å². The van der Waals surface area contributed by atoms with Crippen molar-refractivity contribution in [2.24, 2.45) is 11.7 Å². The molecule has 2 rings (SSSR count). The van der Waals surface area contributed by atoms with Crippen molar-refractivity contribution < 1.29 is 4.79 Å². The smallest absolute Gasteiger partial charge is 0.251 e. The Morgan fingerprint density at radius 3 is 2.42 bits per heavy atom. The molecule has 0 spiro atoms. The van der Waals surface area contributed by atoms with E-state index in [1.165, 1.54) is 5.56 Å². The minimum atomic E-state index is -0.0219. The number of carbonyl (C=O) groups is 1. The Morgan fingerprint density at radius 1 is 1.19 bits per heavy atom. The molecule has 1 aromatic rings. The maximum absolute atomic E-state index is 12.5. The van der Waals surface area contributed by atoms with E-state index in [2.05, 4.69) is 42.1 Å². The maximum Gasteiger partial charge on any atom is 0.251 e. The second-order valence-corrected chi connectivity index (χ2v) is 7.32. The van der Waals surface area contributed by atoms with Crippen LogP contribution in [0.3, 0.4) is 0 Å². The molecule has 1 aliphatic heterocycles. The largest absolute Gasteiger partial charge is 0.348 e. The summed E-state index contributed by atoms with van der Waals surface area (Å²) in [5.74, 6) is 0.494. The standard InChI is InChI=1S/C19H32N4O.2ClH/c1-15(2)11-18(13-20)21-19(24)17-6-4-5-16(12-17)14-23-9-7-22(3)8-10-23;;/h4-6,12,15,18H,7-11,13-14,20H2,1-3H3,(H,21,24);2*1H. The molecule has 0 saturated carbocycles. The SMILES string of the molecule is CC(C)CC(CN)NC(=O)c1cccc(CN2CCN(C)CC2)c1.Cl.Cl. The Morgan fingerprint density at radius 2 is 1.85 bits per heavy atom. The van der Waals surface area contributed by atoms with Crippen molar-refractivity contribution in [3.05, 3.63) is 35.4 Å². The molecule has 5 nitrogen and oxygen atoms in total. The molecule has 1 amide bonds. The van der Waals surface area contributed by atoms with E-state index in [1.54, 1.807) is 0 Å².